The van der Waals surface area contributed by atoms with Crippen molar-refractivity contribution in [3.8, 4) is 0 Å². The van der Waals surface area contributed by atoms with Gasteiger partial charge in [0.2, 0.25) is 11.8 Å². The van der Waals surface area contributed by atoms with E-state index in [1.807, 2.05) is 31.2 Å². The number of hydrogen-bond donors (Lipinski definition) is 1. The van der Waals surface area contributed by atoms with E-state index in [9.17, 15) is 19.2 Å². The fourth-order valence-corrected chi connectivity index (χ4v) is 3.61. The van der Waals surface area contributed by atoms with E-state index in [0.717, 1.165) is 10.5 Å². The van der Waals surface area contributed by atoms with Crippen LogP contribution in [0.4, 0.5) is 5.69 Å². The number of ether oxygens (including phenoxy) is 1. The molecule has 28 heavy (non-hydrogen) atoms. The van der Waals surface area contributed by atoms with E-state index in [0.29, 0.717) is 18.5 Å². The van der Waals surface area contributed by atoms with Crippen LogP contribution in [0.25, 0.3) is 0 Å². The van der Waals surface area contributed by atoms with E-state index >= 15 is 0 Å². The van der Waals surface area contributed by atoms with Crippen molar-refractivity contribution >= 4 is 29.4 Å². The molecule has 3 amide bonds. The summed E-state index contributed by atoms with van der Waals surface area (Å²) in [7, 11) is 0. The molecule has 7 nitrogen and oxygen atoms in total. The topological polar surface area (TPSA) is 92.8 Å². The van der Waals surface area contributed by atoms with Gasteiger partial charge in [-0.2, -0.15) is 0 Å². The third-order valence-corrected chi connectivity index (χ3v) is 5.22. The molecule has 7 heteroatoms. The standard InChI is InChI=1S/C21H24N2O5/c1-12-7-6-8-15(11-12)22-18(24)14(3)28-21(27)13(2)23-19(25)16-9-4-5-10-17(16)20(23)26/h4-8,11,13-14,16-17H,9-10H2,1-3H3,(H,22,24). The second kappa shape index (κ2) is 7.96. The van der Waals surface area contributed by atoms with Gasteiger partial charge in [0.05, 0.1) is 11.8 Å². The summed E-state index contributed by atoms with van der Waals surface area (Å²) in [4.78, 5) is 50.9. The summed E-state index contributed by atoms with van der Waals surface area (Å²) < 4.78 is 5.23. The zero-order valence-electron chi connectivity index (χ0n) is 16.2. The first kappa shape index (κ1) is 19.8. The van der Waals surface area contributed by atoms with Crippen molar-refractivity contribution in [3.63, 3.8) is 0 Å². The van der Waals surface area contributed by atoms with Gasteiger partial charge in [-0.1, -0.05) is 24.3 Å². The Bertz CT molecular complexity index is 821. The molecular formula is C21H24N2O5. The highest BCUT2D eigenvalue weighted by Crippen LogP contribution is 2.36. The molecule has 1 aromatic carbocycles. The number of anilines is 1. The summed E-state index contributed by atoms with van der Waals surface area (Å²) in [6, 6.07) is 6.17. The number of likely N-dealkylation sites (tertiary alicyclic amines) is 1. The molecule has 1 heterocycles. The predicted octanol–water partition coefficient (Wildman–Crippen LogP) is 2.20. The second-order valence-corrected chi connectivity index (χ2v) is 7.32. The molecule has 0 aromatic heterocycles. The van der Waals surface area contributed by atoms with Crippen LogP contribution in [0.3, 0.4) is 0 Å². The third-order valence-electron chi connectivity index (χ3n) is 5.22. The zero-order chi connectivity index (χ0) is 20.4. The molecule has 2 aliphatic rings. The Kier molecular flexibility index (Phi) is 5.63. The first-order valence-electron chi connectivity index (χ1n) is 9.39. The van der Waals surface area contributed by atoms with Gasteiger partial charge in [0.25, 0.3) is 5.91 Å². The molecule has 4 unspecified atom stereocenters. The van der Waals surface area contributed by atoms with E-state index in [4.69, 9.17) is 4.74 Å². The summed E-state index contributed by atoms with van der Waals surface area (Å²) >= 11 is 0. The largest absolute Gasteiger partial charge is 0.451 e. The van der Waals surface area contributed by atoms with Gasteiger partial charge in [0, 0.05) is 5.69 Å². The van der Waals surface area contributed by atoms with Crippen LogP contribution in [0, 0.1) is 18.8 Å². The molecule has 0 spiro atoms. The number of fused-ring (bicyclic) bond motifs is 1. The summed E-state index contributed by atoms with van der Waals surface area (Å²) in [5, 5.41) is 2.68. The highest BCUT2D eigenvalue weighted by atomic mass is 16.5. The predicted molar refractivity (Wildman–Crippen MR) is 102 cm³/mol. The number of imide groups is 1. The van der Waals surface area contributed by atoms with E-state index in [1.165, 1.54) is 13.8 Å². The van der Waals surface area contributed by atoms with E-state index in [1.54, 1.807) is 12.1 Å². The highest BCUT2D eigenvalue weighted by Gasteiger charge is 2.50. The summed E-state index contributed by atoms with van der Waals surface area (Å²) in [5.41, 5.74) is 1.58. The number of nitrogens with zero attached hydrogens (tertiary/aromatic N) is 1. The van der Waals surface area contributed by atoms with Gasteiger partial charge in [0.15, 0.2) is 6.10 Å². The fourth-order valence-electron chi connectivity index (χ4n) is 3.61. The van der Waals surface area contributed by atoms with Crippen molar-refractivity contribution in [2.24, 2.45) is 11.8 Å². The maximum atomic E-state index is 12.6. The molecule has 1 N–H and O–H groups in total. The Morgan fingerprint density at radius 2 is 1.71 bits per heavy atom. The number of amides is 3. The van der Waals surface area contributed by atoms with Gasteiger partial charge >= 0.3 is 5.97 Å². The number of aryl methyl sites for hydroxylation is 1. The molecule has 0 radical (unpaired) electrons. The van der Waals surface area contributed by atoms with Crippen molar-refractivity contribution in [2.75, 3.05) is 5.32 Å². The molecular weight excluding hydrogens is 360 g/mol. The minimum Gasteiger partial charge on any atom is -0.451 e. The summed E-state index contributed by atoms with van der Waals surface area (Å²) in [6.45, 7) is 4.80. The molecule has 3 rings (SSSR count). The number of carbonyl (C=O) groups is 4. The van der Waals surface area contributed by atoms with Gasteiger partial charge in [-0.3, -0.25) is 19.3 Å². The molecule has 0 saturated carbocycles. The van der Waals surface area contributed by atoms with E-state index < -0.39 is 35.9 Å². The molecule has 0 bridgehead atoms. The lowest BCUT2D eigenvalue weighted by molar-refractivity contribution is -0.163. The second-order valence-electron chi connectivity index (χ2n) is 7.32. The van der Waals surface area contributed by atoms with Gasteiger partial charge < -0.3 is 10.1 Å². The summed E-state index contributed by atoms with van der Waals surface area (Å²) in [6.07, 6.45) is 3.71. The Morgan fingerprint density at radius 3 is 2.29 bits per heavy atom. The fraction of sp³-hybridized carbons (Fsp3) is 0.429. The van der Waals surface area contributed by atoms with E-state index in [-0.39, 0.29) is 11.8 Å². The van der Waals surface area contributed by atoms with Crippen LogP contribution in [-0.2, 0) is 23.9 Å². The maximum Gasteiger partial charge on any atom is 0.329 e. The minimum absolute atomic E-state index is 0.347. The maximum absolute atomic E-state index is 12.6. The quantitative estimate of drug-likeness (QED) is 0.477. The third kappa shape index (κ3) is 3.83. The van der Waals surface area contributed by atoms with Crippen molar-refractivity contribution in [1.82, 2.24) is 4.90 Å². The summed E-state index contributed by atoms with van der Waals surface area (Å²) in [5.74, 6) is -2.77. The van der Waals surface area contributed by atoms with Crippen molar-refractivity contribution in [1.29, 1.82) is 0 Å². The van der Waals surface area contributed by atoms with Crippen LogP contribution in [-0.4, -0.2) is 40.7 Å². The van der Waals surface area contributed by atoms with Crippen molar-refractivity contribution in [2.45, 2.75) is 45.8 Å². The first-order valence-corrected chi connectivity index (χ1v) is 9.39. The molecule has 4 atom stereocenters. The Balaban J connectivity index is 1.61. The first-order chi connectivity index (χ1) is 13.3. The Hall–Kier alpha value is -2.96. The van der Waals surface area contributed by atoms with Gasteiger partial charge in [-0.25, -0.2) is 4.79 Å². The van der Waals surface area contributed by atoms with Gasteiger partial charge in [-0.15, -0.1) is 0 Å². The molecule has 148 valence electrons. The average molecular weight is 384 g/mol. The SMILES string of the molecule is Cc1cccc(NC(=O)C(C)OC(=O)C(C)N2C(=O)C3CC=CCC3C2=O)c1. The zero-order valence-corrected chi connectivity index (χ0v) is 16.2. The Morgan fingerprint density at radius 1 is 1.11 bits per heavy atom. The number of carbonyl (C=O) groups excluding carboxylic acids is 4. The monoisotopic (exact) mass is 384 g/mol. The lowest BCUT2D eigenvalue weighted by Gasteiger charge is -2.23. The van der Waals surface area contributed by atoms with Crippen LogP contribution in [0.15, 0.2) is 36.4 Å². The van der Waals surface area contributed by atoms with Crippen LogP contribution in [0.5, 0.6) is 0 Å². The van der Waals surface area contributed by atoms with E-state index in [2.05, 4.69) is 5.32 Å². The lowest BCUT2D eigenvalue weighted by atomic mass is 9.85. The number of hydrogen-bond acceptors (Lipinski definition) is 5. The number of esters is 1. The molecule has 1 aromatic rings. The molecule has 1 fully saturated rings. The average Bonchev–Trinajstić information content (AvgIpc) is 2.92. The van der Waals surface area contributed by atoms with Crippen LogP contribution in [0.1, 0.15) is 32.3 Å². The molecule has 1 saturated heterocycles. The van der Waals surface area contributed by atoms with Gasteiger partial charge in [-0.05, 0) is 51.3 Å². The number of allylic oxidation sites excluding steroid dienone is 2. The van der Waals surface area contributed by atoms with Crippen molar-refractivity contribution < 1.29 is 23.9 Å². The lowest BCUT2D eigenvalue weighted by Crippen LogP contribution is -2.46. The van der Waals surface area contributed by atoms with Crippen LogP contribution >= 0.6 is 0 Å². The molecule has 1 aliphatic carbocycles. The van der Waals surface area contributed by atoms with Crippen molar-refractivity contribution in [3.05, 3.63) is 42.0 Å². The van der Waals surface area contributed by atoms with Gasteiger partial charge in [0.1, 0.15) is 6.04 Å². The minimum atomic E-state index is -1.07. The molecule has 1 aliphatic heterocycles. The van der Waals surface area contributed by atoms with Crippen LogP contribution in [0.2, 0.25) is 0 Å². The smallest absolute Gasteiger partial charge is 0.329 e. The Labute approximate surface area is 163 Å². The number of nitrogens with one attached hydrogen (secondary N) is 1. The number of benzene rings is 1. The normalized spacial score (nSPS) is 23.2. The van der Waals surface area contributed by atoms with Crippen LogP contribution < -0.4 is 5.32 Å². The number of rotatable bonds is 5. The highest BCUT2D eigenvalue weighted by molar-refractivity contribution is 6.08.